The largest absolute Gasteiger partial charge is 0.296 e. The summed E-state index contributed by atoms with van der Waals surface area (Å²) in [6.45, 7) is 4.47. The van der Waals surface area contributed by atoms with Gasteiger partial charge < -0.3 is 0 Å². The van der Waals surface area contributed by atoms with Crippen LogP contribution < -0.4 is 0 Å². The molecule has 0 spiro atoms. The first-order valence-corrected chi connectivity index (χ1v) is 4.98. The van der Waals surface area contributed by atoms with Crippen LogP contribution in [0.3, 0.4) is 0 Å². The van der Waals surface area contributed by atoms with Gasteiger partial charge in [-0.05, 0) is 25.0 Å². The number of rotatable bonds is 2. The topological polar surface area (TPSA) is 16.1 Å². The van der Waals surface area contributed by atoms with E-state index >= 15 is 0 Å². The quantitative estimate of drug-likeness (QED) is 0.675. The maximum absolute atomic E-state index is 5.70. The maximum Gasteiger partial charge on any atom is 0.129 e. The predicted octanol–water partition coefficient (Wildman–Crippen LogP) is 2.33. The minimum absolute atomic E-state index is 0.570. The average Bonchev–Trinajstić information content (AvgIpc) is 2.15. The van der Waals surface area contributed by atoms with Crippen LogP contribution in [0.5, 0.6) is 0 Å². The van der Waals surface area contributed by atoms with Gasteiger partial charge in [0.2, 0.25) is 0 Å². The van der Waals surface area contributed by atoms with E-state index in [1.54, 1.807) is 0 Å². The number of pyridine rings is 1. The van der Waals surface area contributed by atoms with Gasteiger partial charge in [0.1, 0.15) is 5.15 Å². The molecule has 0 aliphatic carbocycles. The van der Waals surface area contributed by atoms with Crippen LogP contribution in [0, 0.1) is 0 Å². The lowest BCUT2D eigenvalue weighted by molar-refractivity contribution is 0.0958. The van der Waals surface area contributed by atoms with Crippen molar-refractivity contribution in [2.75, 3.05) is 6.54 Å². The zero-order valence-corrected chi connectivity index (χ0v) is 8.46. The maximum atomic E-state index is 5.70. The molecule has 0 aromatic carbocycles. The van der Waals surface area contributed by atoms with Crippen molar-refractivity contribution in [2.24, 2.45) is 0 Å². The molecule has 1 saturated heterocycles. The van der Waals surface area contributed by atoms with E-state index in [1.807, 2.05) is 18.3 Å². The summed E-state index contributed by atoms with van der Waals surface area (Å²) < 4.78 is 0. The first-order chi connectivity index (χ1) is 6.25. The predicted molar refractivity (Wildman–Crippen MR) is 53.7 cm³/mol. The van der Waals surface area contributed by atoms with E-state index in [-0.39, 0.29) is 0 Å². The van der Waals surface area contributed by atoms with Gasteiger partial charge in [-0.25, -0.2) is 4.98 Å². The Kier molecular flexibility index (Phi) is 2.51. The molecule has 0 radical (unpaired) electrons. The van der Waals surface area contributed by atoms with Gasteiger partial charge in [-0.15, -0.1) is 0 Å². The van der Waals surface area contributed by atoms with Gasteiger partial charge in [0.25, 0.3) is 0 Å². The highest BCUT2D eigenvalue weighted by Gasteiger charge is 2.22. The van der Waals surface area contributed by atoms with E-state index in [4.69, 9.17) is 11.6 Å². The number of likely N-dealkylation sites (tertiary alicyclic amines) is 1. The van der Waals surface area contributed by atoms with E-state index in [9.17, 15) is 0 Å². The van der Waals surface area contributed by atoms with Gasteiger partial charge in [-0.2, -0.15) is 0 Å². The molecular weight excluding hydrogens is 184 g/mol. The Labute approximate surface area is 83.5 Å². The van der Waals surface area contributed by atoms with Crippen LogP contribution in [-0.2, 0) is 6.54 Å². The molecule has 0 unspecified atom stereocenters. The average molecular weight is 197 g/mol. The summed E-state index contributed by atoms with van der Waals surface area (Å²) in [7, 11) is 0. The Balaban J connectivity index is 1.98. The number of aromatic nitrogens is 1. The zero-order valence-electron chi connectivity index (χ0n) is 7.70. The molecule has 1 aliphatic heterocycles. The molecule has 0 N–H and O–H groups in total. The zero-order chi connectivity index (χ0) is 9.26. The van der Waals surface area contributed by atoms with E-state index in [0.717, 1.165) is 12.6 Å². The summed E-state index contributed by atoms with van der Waals surface area (Å²) in [6, 6.07) is 4.62. The van der Waals surface area contributed by atoms with Gasteiger partial charge in [0.15, 0.2) is 0 Å². The van der Waals surface area contributed by atoms with E-state index < -0.39 is 0 Å². The minimum atomic E-state index is 0.570. The molecule has 2 rings (SSSR count). The van der Waals surface area contributed by atoms with Gasteiger partial charge in [-0.3, -0.25) is 4.90 Å². The fraction of sp³-hybridized carbons (Fsp3) is 0.500. The smallest absolute Gasteiger partial charge is 0.129 e. The monoisotopic (exact) mass is 196 g/mol. The third kappa shape index (κ3) is 2.01. The SMILES string of the molecule is C[C@@H]1CCN1Cc1ccc(Cl)nc1. The molecule has 13 heavy (non-hydrogen) atoms. The third-order valence-corrected chi connectivity index (χ3v) is 2.86. The summed E-state index contributed by atoms with van der Waals surface area (Å²) in [5.74, 6) is 0. The molecule has 1 atom stereocenters. The standard InChI is InChI=1S/C10H13ClN2/c1-8-4-5-13(8)7-9-2-3-10(11)12-6-9/h2-3,6,8H,4-5,7H2,1H3/t8-/m1/s1. The lowest BCUT2D eigenvalue weighted by atomic mass is 10.0. The molecule has 0 bridgehead atoms. The summed E-state index contributed by atoms with van der Waals surface area (Å²) >= 11 is 5.70. The van der Waals surface area contributed by atoms with Crippen molar-refractivity contribution >= 4 is 11.6 Å². The molecule has 0 amide bonds. The van der Waals surface area contributed by atoms with Gasteiger partial charge in [0.05, 0.1) is 0 Å². The van der Waals surface area contributed by atoms with Crippen LogP contribution in [0.25, 0.3) is 0 Å². The van der Waals surface area contributed by atoms with Gasteiger partial charge in [0, 0.05) is 25.3 Å². The van der Waals surface area contributed by atoms with Crippen molar-refractivity contribution in [2.45, 2.75) is 25.9 Å². The molecule has 1 aromatic heterocycles. The third-order valence-electron chi connectivity index (χ3n) is 2.63. The minimum Gasteiger partial charge on any atom is -0.296 e. The van der Waals surface area contributed by atoms with Crippen LogP contribution in [0.1, 0.15) is 18.9 Å². The van der Waals surface area contributed by atoms with Gasteiger partial charge in [-0.1, -0.05) is 17.7 Å². The van der Waals surface area contributed by atoms with Crippen molar-refractivity contribution in [3.63, 3.8) is 0 Å². The Morgan fingerprint density at radius 1 is 1.62 bits per heavy atom. The van der Waals surface area contributed by atoms with Crippen molar-refractivity contribution < 1.29 is 0 Å². The van der Waals surface area contributed by atoms with Crippen LogP contribution in [0.15, 0.2) is 18.3 Å². The highest BCUT2D eigenvalue weighted by atomic mass is 35.5. The number of hydrogen-bond donors (Lipinski definition) is 0. The van der Waals surface area contributed by atoms with Crippen LogP contribution >= 0.6 is 11.6 Å². The Morgan fingerprint density at radius 2 is 2.46 bits per heavy atom. The molecule has 2 nitrogen and oxygen atoms in total. The molecular formula is C10H13ClN2. The summed E-state index contributed by atoms with van der Waals surface area (Å²) in [4.78, 5) is 6.49. The summed E-state index contributed by atoms with van der Waals surface area (Å²) in [5, 5.41) is 0.570. The van der Waals surface area contributed by atoms with Crippen molar-refractivity contribution in [1.82, 2.24) is 9.88 Å². The molecule has 2 heterocycles. The molecule has 70 valence electrons. The van der Waals surface area contributed by atoms with Crippen molar-refractivity contribution in [3.05, 3.63) is 29.0 Å². The van der Waals surface area contributed by atoms with Crippen LogP contribution in [-0.4, -0.2) is 22.5 Å². The fourth-order valence-corrected chi connectivity index (χ4v) is 1.65. The number of hydrogen-bond acceptors (Lipinski definition) is 2. The lowest BCUT2D eigenvalue weighted by Gasteiger charge is -2.38. The second kappa shape index (κ2) is 3.64. The van der Waals surface area contributed by atoms with Gasteiger partial charge >= 0.3 is 0 Å². The highest BCUT2D eigenvalue weighted by Crippen LogP contribution is 2.19. The van der Waals surface area contributed by atoms with E-state index in [1.165, 1.54) is 18.5 Å². The van der Waals surface area contributed by atoms with E-state index in [2.05, 4.69) is 16.8 Å². The molecule has 1 fully saturated rings. The van der Waals surface area contributed by atoms with Crippen molar-refractivity contribution in [1.29, 1.82) is 0 Å². The second-order valence-corrected chi connectivity index (χ2v) is 3.98. The summed E-state index contributed by atoms with van der Waals surface area (Å²) in [5.41, 5.74) is 1.25. The molecule has 1 aliphatic rings. The molecule has 3 heteroatoms. The second-order valence-electron chi connectivity index (χ2n) is 3.60. The van der Waals surface area contributed by atoms with Crippen molar-refractivity contribution in [3.8, 4) is 0 Å². The number of nitrogens with zero attached hydrogens (tertiary/aromatic N) is 2. The highest BCUT2D eigenvalue weighted by molar-refractivity contribution is 6.29. The summed E-state index contributed by atoms with van der Waals surface area (Å²) in [6.07, 6.45) is 3.17. The Bertz CT molecular complexity index is 283. The van der Waals surface area contributed by atoms with Crippen LogP contribution in [0.4, 0.5) is 0 Å². The molecule has 0 saturated carbocycles. The normalized spacial score (nSPS) is 22.8. The first kappa shape index (κ1) is 8.97. The Hall–Kier alpha value is -0.600. The Morgan fingerprint density at radius 3 is 2.92 bits per heavy atom. The molecule has 1 aromatic rings. The number of halogens is 1. The lowest BCUT2D eigenvalue weighted by Crippen LogP contribution is -2.44. The fourth-order valence-electron chi connectivity index (χ4n) is 1.54. The van der Waals surface area contributed by atoms with Crippen LogP contribution in [0.2, 0.25) is 5.15 Å². The van der Waals surface area contributed by atoms with E-state index in [0.29, 0.717) is 5.15 Å². The first-order valence-electron chi connectivity index (χ1n) is 4.60.